The average Bonchev–Trinajstić information content (AvgIpc) is 3.65. The van der Waals surface area contributed by atoms with Crippen molar-refractivity contribution in [3.63, 3.8) is 0 Å². The molecule has 4 aromatic rings. The molecule has 0 unspecified atom stereocenters. The standard InChI is InChI=1S/C27H24F3N5O2S/c28-27(29,30)18-3-1-2-16(8-18)22-10-31-23-9-17(4-5-21(22)23)25(36)35-12-20(13-35)33-19-6-7-34(11-19)26(37)24-14-38-15-32-24/h1-5,8-10,14-15,19-20,31,33H,6-7,11-13H2/t19-/m0/s1. The van der Waals surface area contributed by atoms with Gasteiger partial charge in [0.05, 0.1) is 11.1 Å². The van der Waals surface area contributed by atoms with Gasteiger partial charge in [-0.15, -0.1) is 11.3 Å². The van der Waals surface area contributed by atoms with Gasteiger partial charge in [-0.25, -0.2) is 4.98 Å². The van der Waals surface area contributed by atoms with Crippen LogP contribution in [-0.2, 0) is 6.18 Å². The van der Waals surface area contributed by atoms with Crippen LogP contribution in [0.4, 0.5) is 13.2 Å². The van der Waals surface area contributed by atoms with E-state index in [1.165, 1.54) is 17.4 Å². The first-order chi connectivity index (χ1) is 18.3. The third-order valence-electron chi connectivity index (χ3n) is 7.20. The van der Waals surface area contributed by atoms with Gasteiger partial charge in [-0.05, 0) is 36.2 Å². The quantitative estimate of drug-likeness (QED) is 0.387. The lowest BCUT2D eigenvalue weighted by Gasteiger charge is -2.41. The Morgan fingerprint density at radius 1 is 1.03 bits per heavy atom. The van der Waals surface area contributed by atoms with Crippen molar-refractivity contribution in [1.82, 2.24) is 25.1 Å². The number of aromatic nitrogens is 2. The Morgan fingerprint density at radius 3 is 2.61 bits per heavy atom. The van der Waals surface area contributed by atoms with Crippen LogP contribution in [-0.4, -0.2) is 69.8 Å². The molecule has 2 fully saturated rings. The van der Waals surface area contributed by atoms with Crippen molar-refractivity contribution in [3.8, 4) is 11.1 Å². The second-order valence-electron chi connectivity index (χ2n) is 9.73. The minimum Gasteiger partial charge on any atom is -0.361 e. The maximum atomic E-state index is 13.2. The lowest BCUT2D eigenvalue weighted by Crippen LogP contribution is -2.62. The van der Waals surface area contributed by atoms with Crippen molar-refractivity contribution < 1.29 is 22.8 Å². The van der Waals surface area contributed by atoms with E-state index >= 15 is 0 Å². The first kappa shape index (κ1) is 24.6. The van der Waals surface area contributed by atoms with Crippen LogP contribution in [0, 0.1) is 0 Å². The zero-order chi connectivity index (χ0) is 26.4. The molecule has 2 aromatic heterocycles. The van der Waals surface area contributed by atoms with Crippen molar-refractivity contribution >= 4 is 34.1 Å². The highest BCUT2D eigenvalue weighted by Gasteiger charge is 2.35. The van der Waals surface area contributed by atoms with Crippen LogP contribution >= 0.6 is 11.3 Å². The molecule has 38 heavy (non-hydrogen) atoms. The summed E-state index contributed by atoms with van der Waals surface area (Å²) in [5, 5.41) is 6.07. The van der Waals surface area contributed by atoms with Gasteiger partial charge in [-0.2, -0.15) is 13.2 Å². The lowest BCUT2D eigenvalue weighted by molar-refractivity contribution is -0.137. The number of rotatable bonds is 5. The Labute approximate surface area is 220 Å². The van der Waals surface area contributed by atoms with Crippen molar-refractivity contribution in [3.05, 3.63) is 76.4 Å². The Morgan fingerprint density at radius 2 is 1.84 bits per heavy atom. The molecule has 0 bridgehead atoms. The number of likely N-dealkylation sites (tertiary alicyclic amines) is 2. The molecule has 2 amide bonds. The molecular formula is C27H24F3N5O2S. The number of aromatic amines is 1. The summed E-state index contributed by atoms with van der Waals surface area (Å²) in [5.74, 6) is -0.135. The normalized spacial score (nSPS) is 18.2. The van der Waals surface area contributed by atoms with Crippen LogP contribution in [0.25, 0.3) is 22.0 Å². The molecule has 11 heteroatoms. The third-order valence-corrected chi connectivity index (χ3v) is 7.78. The van der Waals surface area contributed by atoms with E-state index in [0.29, 0.717) is 54.1 Å². The molecule has 2 aromatic carbocycles. The maximum absolute atomic E-state index is 13.2. The van der Waals surface area contributed by atoms with E-state index < -0.39 is 11.7 Å². The number of hydrogen-bond donors (Lipinski definition) is 2. The highest BCUT2D eigenvalue weighted by atomic mass is 32.1. The van der Waals surface area contributed by atoms with E-state index in [1.807, 2.05) is 4.90 Å². The van der Waals surface area contributed by atoms with Gasteiger partial charge in [-0.1, -0.05) is 18.2 Å². The number of hydrogen-bond acceptors (Lipinski definition) is 5. The first-order valence-electron chi connectivity index (χ1n) is 12.3. The third kappa shape index (κ3) is 4.67. The minimum absolute atomic E-state index is 0.0445. The summed E-state index contributed by atoms with van der Waals surface area (Å²) in [7, 11) is 0. The number of amides is 2. The second-order valence-corrected chi connectivity index (χ2v) is 10.4. The number of H-pyrrole nitrogens is 1. The number of thiazole rings is 1. The smallest absolute Gasteiger partial charge is 0.361 e. The molecular weight excluding hydrogens is 515 g/mol. The summed E-state index contributed by atoms with van der Waals surface area (Å²) in [5.41, 5.74) is 3.76. The van der Waals surface area contributed by atoms with Crippen LogP contribution in [0.15, 0.2) is 59.6 Å². The molecule has 2 N–H and O–H groups in total. The Hall–Kier alpha value is -3.70. The van der Waals surface area contributed by atoms with E-state index in [-0.39, 0.29) is 23.9 Å². The number of carbonyl (C=O) groups excluding carboxylic acids is 2. The zero-order valence-corrected chi connectivity index (χ0v) is 21.0. The summed E-state index contributed by atoms with van der Waals surface area (Å²) < 4.78 is 39.5. The number of nitrogens with zero attached hydrogens (tertiary/aromatic N) is 3. The summed E-state index contributed by atoms with van der Waals surface area (Å²) in [6.45, 7) is 2.46. The number of nitrogens with one attached hydrogen (secondary N) is 2. The first-order valence-corrected chi connectivity index (χ1v) is 13.2. The molecule has 2 aliphatic rings. The van der Waals surface area contributed by atoms with Crippen LogP contribution in [0.3, 0.4) is 0 Å². The molecule has 2 aliphatic heterocycles. The number of alkyl halides is 3. The van der Waals surface area contributed by atoms with E-state index in [9.17, 15) is 22.8 Å². The summed E-state index contributed by atoms with van der Waals surface area (Å²) in [6, 6.07) is 10.8. The van der Waals surface area contributed by atoms with Crippen molar-refractivity contribution in [2.24, 2.45) is 0 Å². The number of fused-ring (bicyclic) bond motifs is 1. The fraction of sp³-hybridized carbons (Fsp3) is 0.296. The second kappa shape index (κ2) is 9.55. The van der Waals surface area contributed by atoms with E-state index in [4.69, 9.17) is 0 Å². The van der Waals surface area contributed by atoms with Gasteiger partial charge < -0.3 is 20.1 Å². The van der Waals surface area contributed by atoms with Crippen LogP contribution < -0.4 is 5.32 Å². The summed E-state index contributed by atoms with van der Waals surface area (Å²) in [4.78, 5) is 36.3. The monoisotopic (exact) mass is 539 g/mol. The molecule has 0 spiro atoms. The molecule has 2 saturated heterocycles. The fourth-order valence-electron chi connectivity index (χ4n) is 5.19. The van der Waals surface area contributed by atoms with E-state index in [1.54, 1.807) is 46.3 Å². The van der Waals surface area contributed by atoms with Crippen LogP contribution in [0.1, 0.15) is 32.8 Å². The van der Waals surface area contributed by atoms with Gasteiger partial charge in [0.1, 0.15) is 5.69 Å². The molecule has 6 rings (SSSR count). The van der Waals surface area contributed by atoms with Gasteiger partial charge in [-0.3, -0.25) is 9.59 Å². The van der Waals surface area contributed by atoms with Gasteiger partial charge >= 0.3 is 6.18 Å². The molecule has 1 atom stereocenters. The highest BCUT2D eigenvalue weighted by molar-refractivity contribution is 7.07. The van der Waals surface area contributed by atoms with Crippen LogP contribution in [0.5, 0.6) is 0 Å². The van der Waals surface area contributed by atoms with Gasteiger partial charge in [0.25, 0.3) is 11.8 Å². The molecule has 4 heterocycles. The Balaban J connectivity index is 1.07. The lowest BCUT2D eigenvalue weighted by atomic mass is 10.0. The predicted octanol–water partition coefficient (Wildman–Crippen LogP) is 4.64. The molecule has 7 nitrogen and oxygen atoms in total. The van der Waals surface area contributed by atoms with E-state index in [2.05, 4.69) is 15.3 Å². The van der Waals surface area contributed by atoms with Gasteiger partial charge in [0, 0.05) is 71.9 Å². The van der Waals surface area contributed by atoms with Crippen LogP contribution in [0.2, 0.25) is 0 Å². The van der Waals surface area contributed by atoms with Gasteiger partial charge in [0.15, 0.2) is 0 Å². The van der Waals surface area contributed by atoms with Crippen molar-refractivity contribution in [1.29, 1.82) is 0 Å². The van der Waals surface area contributed by atoms with Gasteiger partial charge in [0.2, 0.25) is 0 Å². The maximum Gasteiger partial charge on any atom is 0.416 e. The molecule has 196 valence electrons. The molecule has 0 saturated carbocycles. The SMILES string of the molecule is O=C(c1ccc2c(-c3cccc(C(F)(F)F)c3)c[nH]c2c1)N1CC(N[C@H]2CCN(C(=O)c3cscn3)C2)C1. The Kier molecular flexibility index (Phi) is 6.19. The highest BCUT2D eigenvalue weighted by Crippen LogP contribution is 2.35. The van der Waals surface area contributed by atoms with Crippen molar-refractivity contribution in [2.45, 2.75) is 24.7 Å². The predicted molar refractivity (Wildman–Crippen MR) is 138 cm³/mol. The number of halogens is 3. The average molecular weight is 540 g/mol. The minimum atomic E-state index is -4.41. The summed E-state index contributed by atoms with van der Waals surface area (Å²) >= 11 is 1.40. The number of benzene rings is 2. The largest absolute Gasteiger partial charge is 0.416 e. The summed E-state index contributed by atoms with van der Waals surface area (Å²) in [6.07, 6.45) is -1.89. The molecule has 0 aliphatic carbocycles. The molecule has 0 radical (unpaired) electrons. The fourth-order valence-corrected chi connectivity index (χ4v) is 5.71. The van der Waals surface area contributed by atoms with Crippen molar-refractivity contribution in [2.75, 3.05) is 26.2 Å². The topological polar surface area (TPSA) is 81.3 Å². The van der Waals surface area contributed by atoms with E-state index in [0.717, 1.165) is 23.9 Å². The Bertz CT molecular complexity index is 1490. The number of carbonyl (C=O) groups is 2. The zero-order valence-electron chi connectivity index (χ0n) is 20.2.